The minimum Gasteiger partial charge on any atom is -0.495 e. The number of methoxy groups -OCH3 is 1. The number of hydrogen-bond acceptors (Lipinski definition) is 4. The van der Waals surface area contributed by atoms with Crippen molar-refractivity contribution in [3.05, 3.63) is 78.1 Å². The number of pyridine rings is 1. The Labute approximate surface area is 152 Å². The molecule has 0 bridgehead atoms. The second-order valence-electron chi connectivity index (χ2n) is 6.09. The van der Waals surface area contributed by atoms with Crippen molar-refractivity contribution < 1.29 is 9.53 Å². The topological polar surface area (TPSA) is 54.5 Å². The van der Waals surface area contributed by atoms with E-state index >= 15 is 0 Å². The molecule has 26 heavy (non-hydrogen) atoms. The third-order valence-corrected chi connectivity index (χ3v) is 4.53. The van der Waals surface area contributed by atoms with Crippen molar-refractivity contribution in [3.8, 4) is 5.75 Å². The van der Waals surface area contributed by atoms with Gasteiger partial charge in [0.05, 0.1) is 24.7 Å². The zero-order valence-electron chi connectivity index (χ0n) is 14.5. The number of para-hydroxylation sites is 3. The second-order valence-corrected chi connectivity index (χ2v) is 6.09. The number of nitrogens with one attached hydrogen (secondary N) is 1. The number of rotatable bonds is 4. The van der Waals surface area contributed by atoms with Gasteiger partial charge in [-0.25, -0.2) is 4.98 Å². The third-order valence-electron chi connectivity index (χ3n) is 4.53. The van der Waals surface area contributed by atoms with Crippen LogP contribution in [0.25, 0.3) is 0 Å². The van der Waals surface area contributed by atoms with Crippen molar-refractivity contribution in [1.82, 2.24) is 4.98 Å². The maximum Gasteiger partial charge on any atom is 0.274 e. The van der Waals surface area contributed by atoms with Crippen LogP contribution >= 0.6 is 0 Å². The van der Waals surface area contributed by atoms with Crippen LogP contribution in [0.3, 0.4) is 0 Å². The van der Waals surface area contributed by atoms with E-state index < -0.39 is 0 Å². The number of benzene rings is 2. The average molecular weight is 345 g/mol. The molecule has 0 radical (unpaired) electrons. The summed E-state index contributed by atoms with van der Waals surface area (Å²) < 4.78 is 5.26. The first-order valence-corrected chi connectivity index (χ1v) is 8.52. The van der Waals surface area contributed by atoms with E-state index in [4.69, 9.17) is 4.74 Å². The summed E-state index contributed by atoms with van der Waals surface area (Å²) in [5.74, 6) is 0.356. The van der Waals surface area contributed by atoms with Gasteiger partial charge in [0.1, 0.15) is 11.4 Å². The number of fused-ring (bicyclic) bond motifs is 1. The lowest BCUT2D eigenvalue weighted by Crippen LogP contribution is -2.16. The molecule has 0 unspecified atom stereocenters. The van der Waals surface area contributed by atoms with E-state index in [-0.39, 0.29) is 5.91 Å². The lowest BCUT2D eigenvalue weighted by Gasteiger charge is -2.19. The maximum atomic E-state index is 12.5. The van der Waals surface area contributed by atoms with Gasteiger partial charge in [0.25, 0.3) is 5.91 Å². The van der Waals surface area contributed by atoms with Gasteiger partial charge in [-0.15, -0.1) is 0 Å². The monoisotopic (exact) mass is 345 g/mol. The number of nitrogens with zero attached hydrogens (tertiary/aromatic N) is 2. The Morgan fingerprint density at radius 3 is 2.69 bits per heavy atom. The van der Waals surface area contributed by atoms with Crippen LogP contribution in [0.15, 0.2) is 66.9 Å². The molecule has 2 aromatic carbocycles. The van der Waals surface area contributed by atoms with E-state index in [2.05, 4.69) is 33.4 Å². The normalized spacial score (nSPS) is 12.6. The summed E-state index contributed by atoms with van der Waals surface area (Å²) in [6.07, 6.45) is 2.77. The van der Waals surface area contributed by atoms with Crippen LogP contribution in [0.1, 0.15) is 16.1 Å². The fraction of sp³-hybridized carbons (Fsp3) is 0.143. The molecule has 0 saturated carbocycles. The largest absolute Gasteiger partial charge is 0.495 e. The molecule has 0 saturated heterocycles. The molecule has 0 atom stereocenters. The van der Waals surface area contributed by atoms with Gasteiger partial charge >= 0.3 is 0 Å². The minimum absolute atomic E-state index is 0.261. The number of amides is 1. The van der Waals surface area contributed by atoms with Crippen molar-refractivity contribution in [2.45, 2.75) is 6.42 Å². The highest BCUT2D eigenvalue weighted by Crippen LogP contribution is 2.33. The molecule has 0 fully saturated rings. The molecular weight excluding hydrogens is 326 g/mol. The maximum absolute atomic E-state index is 12.5. The first kappa shape index (κ1) is 16.1. The Morgan fingerprint density at radius 1 is 1.08 bits per heavy atom. The summed E-state index contributed by atoms with van der Waals surface area (Å²) in [6.45, 7) is 0.924. The van der Waals surface area contributed by atoms with E-state index in [9.17, 15) is 4.79 Å². The minimum atomic E-state index is -0.261. The van der Waals surface area contributed by atoms with E-state index in [0.717, 1.165) is 18.7 Å². The first-order chi connectivity index (χ1) is 12.8. The Bertz CT molecular complexity index is 938. The lowest BCUT2D eigenvalue weighted by atomic mass is 10.2. The van der Waals surface area contributed by atoms with Crippen LogP contribution < -0.4 is 15.0 Å². The molecule has 130 valence electrons. The molecule has 1 aromatic heterocycles. The quantitative estimate of drug-likeness (QED) is 0.775. The van der Waals surface area contributed by atoms with E-state index in [1.807, 2.05) is 24.3 Å². The number of hydrogen-bond donors (Lipinski definition) is 1. The highest BCUT2D eigenvalue weighted by atomic mass is 16.5. The molecule has 2 heterocycles. The Balaban J connectivity index is 1.52. The van der Waals surface area contributed by atoms with Crippen LogP contribution in [0.4, 0.5) is 17.1 Å². The van der Waals surface area contributed by atoms with E-state index in [1.165, 1.54) is 11.3 Å². The predicted molar refractivity (Wildman–Crippen MR) is 102 cm³/mol. The van der Waals surface area contributed by atoms with E-state index in [1.54, 1.807) is 31.5 Å². The standard InChI is InChI=1S/C21H19N3O2/c1-26-20-9-5-3-7-17(20)23-21(25)18-11-10-16(14-22-18)24-13-12-15-6-2-4-8-19(15)24/h2-11,14H,12-13H2,1H3,(H,23,25). The molecule has 1 aliphatic heterocycles. The van der Waals surface area contributed by atoms with Crippen LogP contribution in [0.5, 0.6) is 5.75 Å². The van der Waals surface area contributed by atoms with Gasteiger partial charge in [0.2, 0.25) is 0 Å². The summed E-state index contributed by atoms with van der Waals surface area (Å²) in [4.78, 5) is 19.1. The number of carbonyl (C=O) groups excluding carboxylic acids is 1. The Morgan fingerprint density at radius 2 is 1.88 bits per heavy atom. The van der Waals surface area contributed by atoms with Crippen molar-refractivity contribution in [1.29, 1.82) is 0 Å². The van der Waals surface area contributed by atoms with Crippen LogP contribution in [0.2, 0.25) is 0 Å². The summed E-state index contributed by atoms with van der Waals surface area (Å²) in [7, 11) is 1.58. The number of ether oxygens (including phenoxy) is 1. The summed E-state index contributed by atoms with van der Waals surface area (Å²) in [6, 6.07) is 19.4. The summed E-state index contributed by atoms with van der Waals surface area (Å²) in [5.41, 5.74) is 4.53. The smallest absolute Gasteiger partial charge is 0.274 e. The van der Waals surface area contributed by atoms with Crippen molar-refractivity contribution in [3.63, 3.8) is 0 Å². The Kier molecular flexibility index (Phi) is 4.27. The SMILES string of the molecule is COc1ccccc1NC(=O)c1ccc(N2CCc3ccccc32)cn1. The predicted octanol–water partition coefficient (Wildman–Crippen LogP) is 4.04. The van der Waals surface area contributed by atoms with Crippen LogP contribution in [-0.2, 0) is 6.42 Å². The highest BCUT2D eigenvalue weighted by molar-refractivity contribution is 6.03. The average Bonchev–Trinajstić information content (AvgIpc) is 3.12. The molecule has 1 N–H and O–H groups in total. The lowest BCUT2D eigenvalue weighted by molar-refractivity contribution is 0.102. The molecule has 1 amide bonds. The van der Waals surface area contributed by atoms with Gasteiger partial charge in [-0.3, -0.25) is 4.79 Å². The number of anilines is 3. The molecule has 0 aliphatic carbocycles. The van der Waals surface area contributed by atoms with Gasteiger partial charge < -0.3 is 15.0 Å². The molecule has 5 nitrogen and oxygen atoms in total. The van der Waals surface area contributed by atoms with Gasteiger partial charge in [-0.05, 0) is 42.3 Å². The van der Waals surface area contributed by atoms with Gasteiger partial charge in [0, 0.05) is 12.2 Å². The van der Waals surface area contributed by atoms with Crippen LogP contribution in [-0.4, -0.2) is 24.5 Å². The zero-order valence-corrected chi connectivity index (χ0v) is 14.5. The summed E-state index contributed by atoms with van der Waals surface area (Å²) >= 11 is 0. The van der Waals surface area contributed by atoms with Gasteiger partial charge in [-0.2, -0.15) is 0 Å². The summed E-state index contributed by atoms with van der Waals surface area (Å²) in [5, 5.41) is 2.84. The molecule has 3 aromatic rings. The van der Waals surface area contributed by atoms with Gasteiger partial charge in [-0.1, -0.05) is 30.3 Å². The fourth-order valence-electron chi connectivity index (χ4n) is 3.22. The van der Waals surface area contributed by atoms with Crippen molar-refractivity contribution in [2.75, 3.05) is 23.9 Å². The molecule has 1 aliphatic rings. The Hall–Kier alpha value is -3.34. The third kappa shape index (κ3) is 2.99. The van der Waals surface area contributed by atoms with E-state index in [0.29, 0.717) is 17.1 Å². The van der Waals surface area contributed by atoms with Gasteiger partial charge in [0.15, 0.2) is 0 Å². The molecular formula is C21H19N3O2. The zero-order chi connectivity index (χ0) is 17.9. The molecule has 5 heteroatoms. The number of carbonyl (C=O) groups is 1. The van der Waals surface area contributed by atoms with Crippen molar-refractivity contribution >= 4 is 23.0 Å². The highest BCUT2D eigenvalue weighted by Gasteiger charge is 2.20. The molecule has 0 spiro atoms. The van der Waals surface area contributed by atoms with Crippen LogP contribution in [0, 0.1) is 0 Å². The fourth-order valence-corrected chi connectivity index (χ4v) is 3.22. The first-order valence-electron chi connectivity index (χ1n) is 8.52. The van der Waals surface area contributed by atoms with Crippen molar-refractivity contribution in [2.24, 2.45) is 0 Å². The molecule has 4 rings (SSSR count). The second kappa shape index (κ2) is 6.88. The number of aromatic nitrogens is 1.